The van der Waals surface area contributed by atoms with Gasteiger partial charge in [0.1, 0.15) is 6.10 Å². The van der Waals surface area contributed by atoms with Crippen LogP contribution in [-0.2, 0) is 19.1 Å². The number of rotatable bonds is 5. The highest BCUT2D eigenvalue weighted by Crippen LogP contribution is 2.14. The van der Waals surface area contributed by atoms with E-state index in [1.165, 1.54) is 4.90 Å². The second kappa shape index (κ2) is 6.48. The van der Waals surface area contributed by atoms with Gasteiger partial charge in [0.2, 0.25) is 0 Å². The largest absolute Gasteiger partial charge is 0.466 e. The molecule has 1 amide bonds. The number of likely N-dealkylation sites (N-methyl/N-ethyl adjacent to an activating group) is 1. The Balaban J connectivity index is 2.25. The summed E-state index contributed by atoms with van der Waals surface area (Å²) in [5.41, 5.74) is 0. The van der Waals surface area contributed by atoms with Crippen LogP contribution in [0.1, 0.15) is 26.2 Å². The van der Waals surface area contributed by atoms with E-state index in [9.17, 15) is 9.59 Å². The van der Waals surface area contributed by atoms with E-state index in [2.05, 4.69) is 0 Å². The van der Waals surface area contributed by atoms with Crippen molar-refractivity contribution in [3.8, 4) is 0 Å². The molecule has 0 N–H and O–H groups in total. The van der Waals surface area contributed by atoms with Gasteiger partial charge >= 0.3 is 5.97 Å². The van der Waals surface area contributed by atoms with Gasteiger partial charge in [-0.1, -0.05) is 0 Å². The van der Waals surface area contributed by atoms with E-state index in [4.69, 9.17) is 9.47 Å². The first kappa shape index (κ1) is 13.0. The first-order valence-electron chi connectivity index (χ1n) is 5.67. The lowest BCUT2D eigenvalue weighted by Gasteiger charge is -2.19. The Kier molecular flexibility index (Phi) is 5.25. The molecule has 92 valence electrons. The molecule has 0 spiro atoms. The average molecular weight is 229 g/mol. The minimum atomic E-state index is -0.313. The maximum absolute atomic E-state index is 11.8. The molecule has 0 aromatic rings. The third kappa shape index (κ3) is 3.81. The van der Waals surface area contributed by atoms with Crippen molar-refractivity contribution in [1.82, 2.24) is 4.90 Å². The summed E-state index contributed by atoms with van der Waals surface area (Å²) in [5, 5.41) is 0. The molecule has 0 bridgehead atoms. The van der Waals surface area contributed by atoms with Gasteiger partial charge in [0, 0.05) is 20.2 Å². The number of carbonyl (C=O) groups is 2. The van der Waals surface area contributed by atoms with Gasteiger partial charge in [-0.25, -0.2) is 0 Å². The number of nitrogens with zero attached hydrogens (tertiary/aromatic N) is 1. The lowest BCUT2D eigenvalue weighted by molar-refractivity contribution is -0.145. The number of hydrogen-bond acceptors (Lipinski definition) is 4. The number of carbonyl (C=O) groups excluding carboxylic acids is 2. The van der Waals surface area contributed by atoms with Gasteiger partial charge in [0.05, 0.1) is 13.0 Å². The normalized spacial score (nSPS) is 19.5. The fourth-order valence-electron chi connectivity index (χ4n) is 1.62. The minimum Gasteiger partial charge on any atom is -0.466 e. The molecule has 5 heteroatoms. The highest BCUT2D eigenvalue weighted by molar-refractivity contribution is 5.81. The zero-order chi connectivity index (χ0) is 12.0. The summed E-state index contributed by atoms with van der Waals surface area (Å²) in [6.45, 7) is 3.18. The summed E-state index contributed by atoms with van der Waals surface area (Å²) < 4.78 is 10.1. The zero-order valence-electron chi connectivity index (χ0n) is 9.90. The molecule has 1 fully saturated rings. The Morgan fingerprint density at radius 1 is 1.50 bits per heavy atom. The number of ether oxygens (including phenoxy) is 2. The molecule has 0 radical (unpaired) electrons. The summed E-state index contributed by atoms with van der Waals surface area (Å²) in [6, 6.07) is 0. The molecular weight excluding hydrogens is 210 g/mol. The third-order valence-corrected chi connectivity index (χ3v) is 2.54. The van der Waals surface area contributed by atoms with Crippen LogP contribution in [0.15, 0.2) is 0 Å². The van der Waals surface area contributed by atoms with Gasteiger partial charge in [-0.3, -0.25) is 9.59 Å². The minimum absolute atomic E-state index is 0.0400. The van der Waals surface area contributed by atoms with Crippen molar-refractivity contribution < 1.29 is 19.1 Å². The van der Waals surface area contributed by atoms with Crippen LogP contribution in [0.3, 0.4) is 0 Å². The second-order valence-corrected chi connectivity index (χ2v) is 3.82. The maximum atomic E-state index is 11.8. The summed E-state index contributed by atoms with van der Waals surface area (Å²) in [5.74, 6) is -0.309. The van der Waals surface area contributed by atoms with E-state index in [0.29, 0.717) is 19.8 Å². The molecule has 5 nitrogen and oxygen atoms in total. The van der Waals surface area contributed by atoms with Crippen molar-refractivity contribution in [2.45, 2.75) is 32.3 Å². The molecule has 1 aliphatic rings. The molecule has 0 aromatic carbocycles. The highest BCUT2D eigenvalue weighted by atomic mass is 16.5. The van der Waals surface area contributed by atoms with Crippen molar-refractivity contribution in [2.24, 2.45) is 0 Å². The molecule has 1 heterocycles. The Morgan fingerprint density at radius 3 is 2.81 bits per heavy atom. The quantitative estimate of drug-likeness (QED) is 0.647. The molecule has 0 aromatic heterocycles. The molecule has 1 saturated heterocycles. The van der Waals surface area contributed by atoms with Crippen molar-refractivity contribution in [1.29, 1.82) is 0 Å². The summed E-state index contributed by atoms with van der Waals surface area (Å²) in [6.07, 6.45) is 1.64. The van der Waals surface area contributed by atoms with E-state index in [1.54, 1.807) is 14.0 Å². The van der Waals surface area contributed by atoms with E-state index < -0.39 is 0 Å². The lowest BCUT2D eigenvalue weighted by Crippen LogP contribution is -2.37. The molecular formula is C11H19NO4. The Morgan fingerprint density at radius 2 is 2.25 bits per heavy atom. The van der Waals surface area contributed by atoms with E-state index >= 15 is 0 Å². The Hall–Kier alpha value is -1.10. The fourth-order valence-corrected chi connectivity index (χ4v) is 1.62. The van der Waals surface area contributed by atoms with Gasteiger partial charge < -0.3 is 14.4 Å². The predicted molar refractivity (Wildman–Crippen MR) is 57.9 cm³/mol. The number of hydrogen-bond donors (Lipinski definition) is 0. The summed E-state index contributed by atoms with van der Waals surface area (Å²) in [7, 11) is 1.68. The van der Waals surface area contributed by atoms with Crippen LogP contribution in [-0.4, -0.2) is 49.7 Å². The van der Waals surface area contributed by atoms with E-state index in [0.717, 1.165) is 12.8 Å². The number of esters is 1. The van der Waals surface area contributed by atoms with Gasteiger partial charge in [0.15, 0.2) is 0 Å². The molecule has 0 aliphatic carbocycles. The van der Waals surface area contributed by atoms with Crippen LogP contribution in [0.5, 0.6) is 0 Å². The molecule has 0 saturated carbocycles. The second-order valence-electron chi connectivity index (χ2n) is 3.82. The lowest BCUT2D eigenvalue weighted by atomic mass is 10.2. The molecule has 1 atom stereocenters. The first-order valence-corrected chi connectivity index (χ1v) is 5.67. The van der Waals surface area contributed by atoms with E-state index in [-0.39, 0.29) is 24.4 Å². The van der Waals surface area contributed by atoms with Gasteiger partial charge in [-0.05, 0) is 19.8 Å². The van der Waals surface area contributed by atoms with Gasteiger partial charge in [-0.2, -0.15) is 0 Å². The average Bonchev–Trinajstić information content (AvgIpc) is 2.78. The van der Waals surface area contributed by atoms with Crippen molar-refractivity contribution >= 4 is 11.9 Å². The third-order valence-electron chi connectivity index (χ3n) is 2.54. The number of amides is 1. The molecule has 16 heavy (non-hydrogen) atoms. The van der Waals surface area contributed by atoms with Crippen LogP contribution in [0.4, 0.5) is 0 Å². The van der Waals surface area contributed by atoms with Crippen LogP contribution in [0.25, 0.3) is 0 Å². The first-order chi connectivity index (χ1) is 7.65. The summed E-state index contributed by atoms with van der Waals surface area (Å²) >= 11 is 0. The smallest absolute Gasteiger partial charge is 0.307 e. The van der Waals surface area contributed by atoms with E-state index in [1.807, 2.05) is 0 Å². The molecule has 1 rings (SSSR count). The monoisotopic (exact) mass is 229 g/mol. The summed E-state index contributed by atoms with van der Waals surface area (Å²) in [4.78, 5) is 24.4. The van der Waals surface area contributed by atoms with Gasteiger partial charge in [-0.15, -0.1) is 0 Å². The van der Waals surface area contributed by atoms with Crippen LogP contribution in [0.2, 0.25) is 0 Å². The standard InChI is InChI=1S/C11H19NO4/c1-3-15-10(13)6-7-12(2)11(14)9-5-4-8-16-9/h9H,3-8H2,1-2H3. The topological polar surface area (TPSA) is 55.8 Å². The predicted octanol–water partition coefficient (Wildman–Crippen LogP) is 0.577. The van der Waals surface area contributed by atoms with Crippen LogP contribution in [0, 0.1) is 0 Å². The Labute approximate surface area is 95.7 Å². The van der Waals surface area contributed by atoms with Crippen molar-refractivity contribution in [3.05, 3.63) is 0 Å². The molecule has 1 unspecified atom stereocenters. The van der Waals surface area contributed by atoms with Crippen LogP contribution < -0.4 is 0 Å². The van der Waals surface area contributed by atoms with Gasteiger partial charge in [0.25, 0.3) is 5.91 Å². The molecule has 1 aliphatic heterocycles. The maximum Gasteiger partial charge on any atom is 0.307 e. The Bertz CT molecular complexity index is 248. The highest BCUT2D eigenvalue weighted by Gasteiger charge is 2.26. The van der Waals surface area contributed by atoms with Crippen molar-refractivity contribution in [2.75, 3.05) is 26.8 Å². The zero-order valence-corrected chi connectivity index (χ0v) is 9.90. The van der Waals surface area contributed by atoms with Crippen LogP contribution >= 0.6 is 0 Å². The van der Waals surface area contributed by atoms with Crippen molar-refractivity contribution in [3.63, 3.8) is 0 Å². The SMILES string of the molecule is CCOC(=O)CCN(C)C(=O)C1CCCO1. The fraction of sp³-hybridized carbons (Fsp3) is 0.818.